The highest BCUT2D eigenvalue weighted by atomic mass is 32.2. The lowest BCUT2D eigenvalue weighted by Gasteiger charge is -2.12. The average Bonchev–Trinajstić information content (AvgIpc) is 2.69. The van der Waals surface area contributed by atoms with E-state index < -0.39 is 51.5 Å². The fourth-order valence-corrected chi connectivity index (χ4v) is 3.19. The highest BCUT2D eigenvalue weighted by molar-refractivity contribution is 7.89. The molecule has 2 aromatic rings. The van der Waals surface area contributed by atoms with E-state index >= 15 is 0 Å². The van der Waals surface area contributed by atoms with Gasteiger partial charge in [0, 0.05) is 0 Å². The van der Waals surface area contributed by atoms with Gasteiger partial charge in [-0.15, -0.1) is 0 Å². The van der Waals surface area contributed by atoms with Crippen LogP contribution >= 0.6 is 0 Å². The van der Waals surface area contributed by atoms with Gasteiger partial charge in [0.05, 0.1) is 7.11 Å². The van der Waals surface area contributed by atoms with E-state index in [9.17, 15) is 35.2 Å². The zero-order valence-corrected chi connectivity index (χ0v) is 15.9. The Hall–Kier alpha value is -2.93. The molecule has 2 aromatic carbocycles. The molecule has 0 aliphatic carbocycles. The Morgan fingerprint density at radius 3 is 2.40 bits per heavy atom. The maximum Gasteiger partial charge on any atom is 0.387 e. The third-order valence-corrected chi connectivity index (χ3v) is 4.96. The Kier molecular flexibility index (Phi) is 7.56. The van der Waals surface area contributed by atoms with Crippen molar-refractivity contribution in [3.05, 3.63) is 53.3 Å². The first kappa shape index (κ1) is 23.3. The van der Waals surface area contributed by atoms with Gasteiger partial charge >= 0.3 is 12.6 Å². The molecule has 0 radical (unpaired) electrons. The lowest BCUT2D eigenvalue weighted by Crippen LogP contribution is -2.31. The van der Waals surface area contributed by atoms with Gasteiger partial charge in [0.2, 0.25) is 10.0 Å². The molecule has 0 spiro atoms. The van der Waals surface area contributed by atoms with E-state index in [1.165, 1.54) is 19.2 Å². The molecule has 0 aliphatic heterocycles. The van der Waals surface area contributed by atoms with Crippen molar-refractivity contribution in [1.29, 1.82) is 0 Å². The largest absolute Gasteiger partial charge is 0.493 e. The highest BCUT2D eigenvalue weighted by Crippen LogP contribution is 2.29. The van der Waals surface area contributed by atoms with Crippen molar-refractivity contribution in [3.8, 4) is 11.5 Å². The summed E-state index contributed by atoms with van der Waals surface area (Å²) in [5, 5.41) is 0. The molecule has 0 aromatic heterocycles. The van der Waals surface area contributed by atoms with Crippen LogP contribution in [0, 0.1) is 17.5 Å². The summed E-state index contributed by atoms with van der Waals surface area (Å²) >= 11 is 0. The van der Waals surface area contributed by atoms with Gasteiger partial charge in [-0.25, -0.2) is 21.6 Å². The molecular formula is C17H14F5NO6S. The molecule has 0 saturated heterocycles. The number of hydrogen-bond donors (Lipinski definition) is 1. The summed E-state index contributed by atoms with van der Waals surface area (Å²) in [6.45, 7) is -4.40. The second kappa shape index (κ2) is 9.71. The molecule has 0 atom stereocenters. The maximum absolute atomic E-state index is 13.6. The van der Waals surface area contributed by atoms with Gasteiger partial charge in [-0.3, -0.25) is 4.79 Å². The van der Waals surface area contributed by atoms with Crippen molar-refractivity contribution >= 4 is 16.0 Å². The number of halogens is 5. The Labute approximate surface area is 167 Å². The van der Waals surface area contributed by atoms with Crippen LogP contribution in [0.3, 0.4) is 0 Å². The van der Waals surface area contributed by atoms with Gasteiger partial charge in [-0.05, 0) is 29.8 Å². The SMILES string of the molecule is COc1cc(COC(=O)CNS(=O)(=O)c2ccc(F)c(F)c2F)ccc1OC(F)F. The van der Waals surface area contributed by atoms with E-state index in [2.05, 4.69) is 4.74 Å². The number of benzene rings is 2. The number of esters is 1. The minimum atomic E-state index is -4.68. The van der Waals surface area contributed by atoms with Crippen molar-refractivity contribution < 1.29 is 49.4 Å². The van der Waals surface area contributed by atoms with E-state index in [1.807, 2.05) is 0 Å². The van der Waals surface area contributed by atoms with Crippen molar-refractivity contribution in [2.75, 3.05) is 13.7 Å². The van der Waals surface area contributed by atoms with Gasteiger partial charge in [0.15, 0.2) is 29.0 Å². The number of methoxy groups -OCH3 is 1. The number of nitrogens with one attached hydrogen (secondary N) is 1. The van der Waals surface area contributed by atoms with Gasteiger partial charge in [-0.1, -0.05) is 6.07 Å². The third-order valence-electron chi connectivity index (χ3n) is 3.54. The molecule has 30 heavy (non-hydrogen) atoms. The minimum absolute atomic E-state index is 0.0571. The Bertz CT molecular complexity index is 1030. The molecule has 2 rings (SSSR count). The van der Waals surface area contributed by atoms with Crippen molar-refractivity contribution in [3.63, 3.8) is 0 Å². The molecule has 13 heteroatoms. The van der Waals surface area contributed by atoms with Crippen LogP contribution in [0.2, 0.25) is 0 Å². The van der Waals surface area contributed by atoms with E-state index in [1.54, 1.807) is 4.72 Å². The monoisotopic (exact) mass is 455 g/mol. The fourth-order valence-electron chi connectivity index (χ4n) is 2.16. The fraction of sp³-hybridized carbons (Fsp3) is 0.235. The van der Waals surface area contributed by atoms with E-state index in [4.69, 9.17) is 9.47 Å². The molecular weight excluding hydrogens is 441 g/mol. The number of carbonyl (C=O) groups excluding carboxylic acids is 1. The summed E-state index contributed by atoms with van der Waals surface area (Å²) in [5.41, 5.74) is 0.302. The summed E-state index contributed by atoms with van der Waals surface area (Å²) < 4.78 is 104. The molecule has 0 unspecified atom stereocenters. The van der Waals surface area contributed by atoms with Gasteiger partial charge in [0.25, 0.3) is 0 Å². The number of alkyl halides is 2. The van der Waals surface area contributed by atoms with Crippen LogP contribution in [0.25, 0.3) is 0 Å². The molecule has 0 saturated carbocycles. The van der Waals surface area contributed by atoms with Crippen LogP contribution in [0.1, 0.15) is 5.56 Å². The van der Waals surface area contributed by atoms with Crippen LogP contribution in [-0.4, -0.2) is 34.7 Å². The predicted octanol–water partition coefficient (Wildman–Crippen LogP) is 2.74. The van der Waals surface area contributed by atoms with Crippen LogP contribution in [0.15, 0.2) is 35.2 Å². The summed E-state index contributed by atoms with van der Waals surface area (Å²) in [7, 11) is -3.47. The first-order valence-electron chi connectivity index (χ1n) is 7.95. The van der Waals surface area contributed by atoms with Crippen molar-refractivity contribution in [2.24, 2.45) is 0 Å². The van der Waals surface area contributed by atoms with Crippen molar-refractivity contribution in [1.82, 2.24) is 4.72 Å². The number of carbonyl (C=O) groups is 1. The molecule has 0 heterocycles. The smallest absolute Gasteiger partial charge is 0.387 e. The van der Waals surface area contributed by atoms with Crippen LogP contribution in [-0.2, 0) is 26.2 Å². The summed E-state index contributed by atoms with van der Waals surface area (Å²) in [5.74, 6) is -6.88. The molecule has 7 nitrogen and oxygen atoms in total. The first-order chi connectivity index (χ1) is 14.0. The van der Waals surface area contributed by atoms with E-state index in [0.29, 0.717) is 17.7 Å². The summed E-state index contributed by atoms with van der Waals surface area (Å²) in [6.07, 6.45) is 0. The number of sulfonamides is 1. The highest BCUT2D eigenvalue weighted by Gasteiger charge is 2.24. The Balaban J connectivity index is 1.97. The number of hydrogen-bond acceptors (Lipinski definition) is 6. The van der Waals surface area contributed by atoms with E-state index in [-0.39, 0.29) is 18.1 Å². The quantitative estimate of drug-likeness (QED) is 0.355. The normalized spacial score (nSPS) is 11.4. The molecule has 1 N–H and O–H groups in total. The van der Waals surface area contributed by atoms with Gasteiger partial charge in [0.1, 0.15) is 18.0 Å². The Morgan fingerprint density at radius 1 is 1.07 bits per heavy atom. The lowest BCUT2D eigenvalue weighted by molar-refractivity contribution is -0.143. The molecule has 164 valence electrons. The zero-order chi connectivity index (χ0) is 22.5. The van der Waals surface area contributed by atoms with Crippen LogP contribution in [0.5, 0.6) is 11.5 Å². The number of ether oxygens (including phenoxy) is 3. The third kappa shape index (κ3) is 5.79. The van der Waals surface area contributed by atoms with Gasteiger partial charge in [-0.2, -0.15) is 13.5 Å². The van der Waals surface area contributed by atoms with Crippen LogP contribution < -0.4 is 14.2 Å². The molecule has 0 aliphatic rings. The van der Waals surface area contributed by atoms with Crippen LogP contribution in [0.4, 0.5) is 22.0 Å². The van der Waals surface area contributed by atoms with Gasteiger partial charge < -0.3 is 14.2 Å². The molecule has 0 bridgehead atoms. The predicted molar refractivity (Wildman–Crippen MR) is 90.9 cm³/mol. The number of rotatable bonds is 9. The minimum Gasteiger partial charge on any atom is -0.493 e. The molecule has 0 amide bonds. The zero-order valence-electron chi connectivity index (χ0n) is 15.1. The topological polar surface area (TPSA) is 90.9 Å². The average molecular weight is 455 g/mol. The second-order valence-electron chi connectivity index (χ2n) is 5.52. The maximum atomic E-state index is 13.6. The van der Waals surface area contributed by atoms with Crippen molar-refractivity contribution in [2.45, 2.75) is 18.1 Å². The second-order valence-corrected chi connectivity index (χ2v) is 7.26. The molecule has 0 fully saturated rings. The Morgan fingerprint density at radius 2 is 1.77 bits per heavy atom. The summed E-state index contributed by atoms with van der Waals surface area (Å²) in [6, 6.07) is 4.62. The first-order valence-corrected chi connectivity index (χ1v) is 9.44. The van der Waals surface area contributed by atoms with E-state index in [0.717, 1.165) is 6.07 Å². The lowest BCUT2D eigenvalue weighted by atomic mass is 10.2. The summed E-state index contributed by atoms with van der Waals surface area (Å²) in [4.78, 5) is 10.5. The standard InChI is InChI=1S/C17H14F5NO6S/c1-27-12-6-9(2-4-11(12)29-17(21)22)8-28-14(24)7-23-30(25,26)13-5-3-10(18)15(19)16(13)20/h2-6,17,23H,7-8H2,1H3.